The molecule has 2 saturated heterocycles. The van der Waals surface area contributed by atoms with Crippen molar-refractivity contribution in [3.05, 3.63) is 34.6 Å². The quantitative estimate of drug-likeness (QED) is 0.572. The number of hydrogen-bond acceptors (Lipinski definition) is 7. The van der Waals surface area contributed by atoms with Gasteiger partial charge in [-0.05, 0) is 63.3 Å². The van der Waals surface area contributed by atoms with E-state index in [1.165, 1.54) is 4.68 Å². The molecule has 2 aliphatic heterocycles. The van der Waals surface area contributed by atoms with E-state index in [-0.39, 0.29) is 17.4 Å². The van der Waals surface area contributed by atoms with Crippen molar-refractivity contribution in [2.75, 3.05) is 37.8 Å². The normalized spacial score (nSPS) is 22.2. The average Bonchev–Trinajstić information content (AvgIpc) is 3.46. The molecule has 0 bridgehead atoms. The summed E-state index contributed by atoms with van der Waals surface area (Å²) in [6.07, 6.45) is 5.14. The molecule has 1 aromatic carbocycles. The summed E-state index contributed by atoms with van der Waals surface area (Å²) in [6.45, 7) is 5.45. The van der Waals surface area contributed by atoms with E-state index in [1.807, 2.05) is 16.8 Å². The second kappa shape index (κ2) is 8.39. The van der Waals surface area contributed by atoms with E-state index < -0.39 is 0 Å². The van der Waals surface area contributed by atoms with Gasteiger partial charge in [0, 0.05) is 32.1 Å². The highest BCUT2D eigenvalue weighted by Gasteiger charge is 2.40. The Kier molecular flexibility index (Phi) is 5.33. The summed E-state index contributed by atoms with van der Waals surface area (Å²) < 4.78 is 21.2. The topological polar surface area (TPSA) is 83.6 Å². The van der Waals surface area contributed by atoms with E-state index in [4.69, 9.17) is 19.3 Å². The zero-order valence-electron chi connectivity index (χ0n) is 19.8. The predicted octanol–water partition coefficient (Wildman–Crippen LogP) is 3.26. The number of morpholine rings is 1. The van der Waals surface area contributed by atoms with Crippen LogP contribution < -0.4 is 15.2 Å². The third kappa shape index (κ3) is 3.96. The zero-order valence-corrected chi connectivity index (χ0v) is 19.8. The summed E-state index contributed by atoms with van der Waals surface area (Å²) in [5.74, 6) is 0.830. The van der Waals surface area contributed by atoms with Crippen LogP contribution in [0.1, 0.15) is 45.3 Å². The summed E-state index contributed by atoms with van der Waals surface area (Å²) >= 11 is 0. The number of anilines is 1. The fourth-order valence-electron chi connectivity index (χ4n) is 4.81. The molecule has 9 heteroatoms. The maximum absolute atomic E-state index is 12.9. The van der Waals surface area contributed by atoms with Crippen LogP contribution in [0.2, 0.25) is 0 Å². The lowest BCUT2D eigenvalue weighted by Gasteiger charge is -2.28. The van der Waals surface area contributed by atoms with Crippen molar-refractivity contribution in [1.82, 2.24) is 19.6 Å². The number of hydrogen-bond donors (Lipinski definition) is 0. The molecule has 2 aromatic heterocycles. The molecule has 0 amide bonds. The highest BCUT2D eigenvalue weighted by atomic mass is 16.5. The number of aryl methyl sites for hydroxylation is 1. The Morgan fingerprint density at radius 3 is 2.65 bits per heavy atom. The minimum absolute atomic E-state index is 0.0747. The van der Waals surface area contributed by atoms with E-state index >= 15 is 0 Å². The summed E-state index contributed by atoms with van der Waals surface area (Å²) in [5, 5.41) is 10.6. The van der Waals surface area contributed by atoms with Gasteiger partial charge in [-0.25, -0.2) is 9.36 Å². The van der Waals surface area contributed by atoms with E-state index in [2.05, 4.69) is 29.1 Å². The lowest BCUT2D eigenvalue weighted by atomic mass is 10.1. The molecular weight excluding hydrogens is 434 g/mol. The van der Waals surface area contributed by atoms with Crippen molar-refractivity contribution >= 4 is 16.6 Å². The standard InChI is InChI=1S/C25H31N5O4/c1-25(8-9-25)34-17-6-7-20-18(15-17)23(27-30(20)22-5-3-4-12-33-22)19-16-21(24(31)28(2)26-19)29-10-13-32-14-11-29/h6-7,15-16,22H,3-5,8-14H2,1-2H3. The average molecular weight is 466 g/mol. The first-order valence-corrected chi connectivity index (χ1v) is 12.3. The molecule has 180 valence electrons. The number of nitrogens with zero attached hydrogens (tertiary/aromatic N) is 5. The third-order valence-corrected chi connectivity index (χ3v) is 7.06. The second-order valence-corrected chi connectivity index (χ2v) is 9.79. The van der Waals surface area contributed by atoms with Crippen LogP contribution in [0.5, 0.6) is 5.75 Å². The molecule has 1 aliphatic carbocycles. The summed E-state index contributed by atoms with van der Waals surface area (Å²) in [4.78, 5) is 15.0. The van der Waals surface area contributed by atoms with Crippen LogP contribution in [-0.2, 0) is 16.5 Å². The van der Waals surface area contributed by atoms with Crippen molar-refractivity contribution in [2.45, 2.75) is 50.9 Å². The molecule has 3 aliphatic rings. The highest BCUT2D eigenvalue weighted by molar-refractivity contribution is 5.93. The van der Waals surface area contributed by atoms with Gasteiger partial charge in [-0.3, -0.25) is 4.79 Å². The van der Waals surface area contributed by atoms with Gasteiger partial charge in [0.05, 0.1) is 18.7 Å². The van der Waals surface area contributed by atoms with Crippen molar-refractivity contribution in [3.8, 4) is 17.1 Å². The van der Waals surface area contributed by atoms with E-state index in [0.29, 0.717) is 37.7 Å². The van der Waals surface area contributed by atoms with Crippen molar-refractivity contribution in [1.29, 1.82) is 0 Å². The van der Waals surface area contributed by atoms with Crippen LogP contribution in [0, 0.1) is 0 Å². The van der Waals surface area contributed by atoms with E-state index in [0.717, 1.165) is 61.1 Å². The molecule has 6 rings (SSSR count). The Morgan fingerprint density at radius 2 is 1.91 bits per heavy atom. The molecule has 34 heavy (non-hydrogen) atoms. The maximum atomic E-state index is 12.9. The van der Waals surface area contributed by atoms with Gasteiger partial charge in [-0.15, -0.1) is 0 Å². The summed E-state index contributed by atoms with van der Waals surface area (Å²) in [7, 11) is 1.70. The van der Waals surface area contributed by atoms with Crippen molar-refractivity contribution in [3.63, 3.8) is 0 Å². The maximum Gasteiger partial charge on any atom is 0.290 e. The molecule has 1 saturated carbocycles. The molecule has 3 fully saturated rings. The third-order valence-electron chi connectivity index (χ3n) is 7.06. The number of rotatable bonds is 5. The Balaban J connectivity index is 1.49. The van der Waals surface area contributed by atoms with Gasteiger partial charge in [0.15, 0.2) is 6.23 Å². The zero-order chi connectivity index (χ0) is 23.3. The Labute approximate surface area is 198 Å². The van der Waals surface area contributed by atoms with Crippen LogP contribution in [-0.4, -0.2) is 58.1 Å². The van der Waals surface area contributed by atoms with Gasteiger partial charge in [-0.2, -0.15) is 10.2 Å². The molecule has 0 radical (unpaired) electrons. The molecule has 1 atom stereocenters. The van der Waals surface area contributed by atoms with Crippen LogP contribution in [0.4, 0.5) is 5.69 Å². The molecule has 0 spiro atoms. The fraction of sp³-hybridized carbons (Fsp3) is 0.560. The number of fused-ring (bicyclic) bond motifs is 1. The van der Waals surface area contributed by atoms with E-state index in [1.54, 1.807) is 7.05 Å². The number of ether oxygens (including phenoxy) is 3. The predicted molar refractivity (Wildman–Crippen MR) is 128 cm³/mol. The lowest BCUT2D eigenvalue weighted by Crippen LogP contribution is -2.40. The van der Waals surface area contributed by atoms with Crippen molar-refractivity contribution in [2.24, 2.45) is 7.05 Å². The van der Waals surface area contributed by atoms with Gasteiger partial charge in [0.2, 0.25) is 0 Å². The van der Waals surface area contributed by atoms with Gasteiger partial charge >= 0.3 is 0 Å². The monoisotopic (exact) mass is 465 g/mol. The number of aromatic nitrogens is 4. The summed E-state index contributed by atoms with van der Waals surface area (Å²) in [6, 6.07) is 8.01. The molecule has 1 unspecified atom stereocenters. The summed E-state index contributed by atoms with van der Waals surface area (Å²) in [5.41, 5.74) is 2.83. The number of benzene rings is 1. The first-order chi connectivity index (χ1) is 16.5. The van der Waals surface area contributed by atoms with Gasteiger partial charge in [0.25, 0.3) is 5.56 Å². The van der Waals surface area contributed by atoms with Crippen LogP contribution in [0.25, 0.3) is 22.3 Å². The van der Waals surface area contributed by atoms with Crippen LogP contribution >= 0.6 is 0 Å². The minimum atomic E-state index is -0.115. The highest BCUT2D eigenvalue weighted by Crippen LogP contribution is 2.41. The lowest BCUT2D eigenvalue weighted by molar-refractivity contribution is -0.0365. The Bertz CT molecular complexity index is 1270. The molecule has 0 N–H and O–H groups in total. The van der Waals surface area contributed by atoms with Gasteiger partial charge in [-0.1, -0.05) is 0 Å². The molecule has 4 heterocycles. The first kappa shape index (κ1) is 21.6. The largest absolute Gasteiger partial charge is 0.488 e. The molecule has 3 aromatic rings. The van der Waals surface area contributed by atoms with Gasteiger partial charge in [0.1, 0.15) is 28.4 Å². The van der Waals surface area contributed by atoms with E-state index in [9.17, 15) is 4.79 Å². The SMILES string of the molecule is Cn1nc(-c2nn(C3CCCCO3)c3ccc(OC4(C)CC4)cc23)cc(N2CCOCC2)c1=O. The van der Waals surface area contributed by atoms with Gasteiger partial charge < -0.3 is 19.1 Å². The second-order valence-electron chi connectivity index (χ2n) is 9.79. The fourth-order valence-corrected chi connectivity index (χ4v) is 4.81. The van der Waals surface area contributed by atoms with Crippen LogP contribution in [0.3, 0.4) is 0 Å². The first-order valence-electron chi connectivity index (χ1n) is 12.3. The smallest absolute Gasteiger partial charge is 0.290 e. The Morgan fingerprint density at radius 1 is 1.09 bits per heavy atom. The Hall–Kier alpha value is -2.91. The van der Waals surface area contributed by atoms with Crippen molar-refractivity contribution < 1.29 is 14.2 Å². The molecular formula is C25H31N5O4. The minimum Gasteiger partial charge on any atom is -0.488 e. The molecule has 9 nitrogen and oxygen atoms in total. The van der Waals surface area contributed by atoms with Crippen LogP contribution in [0.15, 0.2) is 29.1 Å².